The van der Waals surface area contributed by atoms with E-state index in [1.54, 1.807) is 0 Å². The number of rotatable bonds is 26. The zero-order valence-electron chi connectivity index (χ0n) is 25.4. The van der Waals surface area contributed by atoms with E-state index in [2.05, 4.69) is 43.0 Å². The molecule has 0 heterocycles. The number of benzene rings is 1. The number of carbonyl (C=O) groups is 1. The third-order valence-electron chi connectivity index (χ3n) is 7.89. The molecule has 0 aromatic heterocycles. The summed E-state index contributed by atoms with van der Waals surface area (Å²) in [5, 5.41) is 0. The topological polar surface area (TPSA) is 48.0 Å². The molecule has 1 saturated carbocycles. The van der Waals surface area contributed by atoms with Crippen LogP contribution in [0.1, 0.15) is 129 Å². The summed E-state index contributed by atoms with van der Waals surface area (Å²) < 4.78 is 18.0. The van der Waals surface area contributed by atoms with E-state index in [0.717, 1.165) is 45.4 Å². The van der Waals surface area contributed by atoms with Crippen molar-refractivity contribution in [2.45, 2.75) is 142 Å². The second kappa shape index (κ2) is 23.3. The minimum Gasteiger partial charge on any atom is -0.459 e. The summed E-state index contributed by atoms with van der Waals surface area (Å²) in [4.78, 5) is 15.1. The molecule has 0 radical (unpaired) electrons. The van der Waals surface area contributed by atoms with E-state index in [4.69, 9.17) is 14.2 Å². The number of esters is 1. The van der Waals surface area contributed by atoms with E-state index < -0.39 is 0 Å². The lowest BCUT2D eigenvalue weighted by Gasteiger charge is -2.39. The summed E-state index contributed by atoms with van der Waals surface area (Å²) >= 11 is 0. The molecule has 1 atom stereocenters. The van der Waals surface area contributed by atoms with Crippen molar-refractivity contribution >= 4 is 5.97 Å². The van der Waals surface area contributed by atoms with Gasteiger partial charge in [-0.1, -0.05) is 121 Å². The van der Waals surface area contributed by atoms with Gasteiger partial charge in [0.15, 0.2) is 0 Å². The van der Waals surface area contributed by atoms with Crippen LogP contribution in [-0.2, 0) is 25.6 Å². The lowest BCUT2D eigenvalue weighted by molar-refractivity contribution is -0.154. The fourth-order valence-corrected chi connectivity index (χ4v) is 5.18. The summed E-state index contributed by atoms with van der Waals surface area (Å²) in [6, 6.07) is 10.9. The van der Waals surface area contributed by atoms with Crippen molar-refractivity contribution < 1.29 is 19.0 Å². The quantitative estimate of drug-likeness (QED) is 0.0863. The molecule has 2 rings (SSSR count). The van der Waals surface area contributed by atoms with E-state index in [1.807, 2.05) is 6.07 Å². The molecular weight excluding hydrogens is 486 g/mol. The number of unbranched alkanes of at least 4 members (excludes halogenated alkanes) is 11. The number of carbonyl (C=O) groups excluding carboxylic acids is 1. The van der Waals surface area contributed by atoms with Crippen LogP contribution in [0, 0.1) is 0 Å². The number of hydrogen-bond donors (Lipinski definition) is 0. The summed E-state index contributed by atoms with van der Waals surface area (Å²) in [5.74, 6) is -0.0788. The summed E-state index contributed by atoms with van der Waals surface area (Å²) in [6.07, 6.45) is 20.3. The van der Waals surface area contributed by atoms with Crippen LogP contribution in [0.3, 0.4) is 0 Å². The number of nitrogens with zero attached hydrogens (tertiary/aromatic N) is 1. The van der Waals surface area contributed by atoms with Crippen LogP contribution in [-0.4, -0.2) is 55.9 Å². The molecule has 5 heteroatoms. The van der Waals surface area contributed by atoms with Crippen molar-refractivity contribution in [3.05, 3.63) is 35.9 Å². The second-order valence-electron chi connectivity index (χ2n) is 11.4. The van der Waals surface area contributed by atoms with E-state index in [9.17, 15) is 4.79 Å². The van der Waals surface area contributed by atoms with Crippen LogP contribution >= 0.6 is 0 Å². The molecule has 1 aliphatic rings. The van der Waals surface area contributed by atoms with E-state index in [0.29, 0.717) is 32.3 Å². The Balaban J connectivity index is 1.71. The molecule has 224 valence electrons. The smallest absolute Gasteiger partial charge is 0.306 e. The van der Waals surface area contributed by atoms with Gasteiger partial charge >= 0.3 is 5.97 Å². The number of ether oxygens (including phenoxy) is 3. The maximum atomic E-state index is 12.6. The third-order valence-corrected chi connectivity index (χ3v) is 7.89. The molecule has 5 nitrogen and oxygen atoms in total. The molecule has 0 spiro atoms. The summed E-state index contributed by atoms with van der Waals surface area (Å²) in [7, 11) is 0. The Morgan fingerprint density at radius 2 is 1.46 bits per heavy atom. The molecule has 0 aliphatic heterocycles. The molecule has 0 amide bonds. The van der Waals surface area contributed by atoms with Crippen molar-refractivity contribution in [2.24, 2.45) is 0 Å². The minimum absolute atomic E-state index is 0.0788. The molecule has 1 fully saturated rings. The van der Waals surface area contributed by atoms with Crippen molar-refractivity contribution in [3.63, 3.8) is 0 Å². The lowest BCUT2D eigenvalue weighted by atomic mass is 9.91. The van der Waals surface area contributed by atoms with Gasteiger partial charge in [0, 0.05) is 32.2 Å². The minimum atomic E-state index is -0.211. The van der Waals surface area contributed by atoms with Crippen molar-refractivity contribution in [3.8, 4) is 0 Å². The molecule has 1 unspecified atom stereocenters. The van der Waals surface area contributed by atoms with Gasteiger partial charge < -0.3 is 14.2 Å². The lowest BCUT2D eigenvalue weighted by Crippen LogP contribution is -2.47. The van der Waals surface area contributed by atoms with Gasteiger partial charge in [-0.15, -0.1) is 0 Å². The van der Waals surface area contributed by atoms with E-state index >= 15 is 0 Å². The Labute approximate surface area is 240 Å². The highest BCUT2D eigenvalue weighted by molar-refractivity contribution is 5.69. The average molecular weight is 546 g/mol. The maximum absolute atomic E-state index is 12.6. The highest BCUT2D eigenvalue weighted by Crippen LogP contribution is 2.25. The van der Waals surface area contributed by atoms with Crippen LogP contribution in [0.5, 0.6) is 0 Å². The second-order valence-corrected chi connectivity index (χ2v) is 11.4. The Hall–Kier alpha value is -1.43. The highest BCUT2D eigenvalue weighted by Gasteiger charge is 2.28. The molecule has 1 aromatic carbocycles. The SMILES string of the molecule is CCCCCCCCCCCCOCC(CN(CCOCc1ccccc1)C1CCC1)OC(=O)CCCCC. The zero-order valence-corrected chi connectivity index (χ0v) is 25.4. The predicted octanol–water partition coefficient (Wildman–Crippen LogP) is 8.49. The molecule has 1 aromatic rings. The average Bonchev–Trinajstić information content (AvgIpc) is 2.91. The first kappa shape index (κ1) is 33.8. The molecule has 0 N–H and O–H groups in total. The molecule has 39 heavy (non-hydrogen) atoms. The van der Waals surface area contributed by atoms with Gasteiger partial charge in [-0.3, -0.25) is 9.69 Å². The molecule has 1 aliphatic carbocycles. The van der Waals surface area contributed by atoms with Crippen molar-refractivity contribution in [1.82, 2.24) is 4.90 Å². The van der Waals surface area contributed by atoms with Crippen molar-refractivity contribution in [1.29, 1.82) is 0 Å². The molecule has 0 saturated heterocycles. The summed E-state index contributed by atoms with van der Waals surface area (Å²) in [6.45, 7) is 8.59. The fourth-order valence-electron chi connectivity index (χ4n) is 5.18. The largest absolute Gasteiger partial charge is 0.459 e. The van der Waals surface area contributed by atoms with Gasteiger partial charge in [0.05, 0.1) is 19.8 Å². The van der Waals surface area contributed by atoms with Gasteiger partial charge in [-0.2, -0.15) is 0 Å². The predicted molar refractivity (Wildman–Crippen MR) is 162 cm³/mol. The third kappa shape index (κ3) is 17.1. The van der Waals surface area contributed by atoms with Gasteiger partial charge in [0.25, 0.3) is 0 Å². The van der Waals surface area contributed by atoms with Crippen LogP contribution in [0.15, 0.2) is 30.3 Å². The Morgan fingerprint density at radius 1 is 0.821 bits per heavy atom. The van der Waals surface area contributed by atoms with Crippen LogP contribution in [0.2, 0.25) is 0 Å². The molecular formula is C34H59NO4. The summed E-state index contributed by atoms with van der Waals surface area (Å²) in [5.41, 5.74) is 1.20. The Bertz CT molecular complexity index is 694. The molecule has 0 bridgehead atoms. The van der Waals surface area contributed by atoms with Crippen molar-refractivity contribution in [2.75, 3.05) is 32.9 Å². The van der Waals surface area contributed by atoms with Crippen LogP contribution in [0.25, 0.3) is 0 Å². The Kier molecular flexibility index (Phi) is 20.2. The first-order valence-electron chi connectivity index (χ1n) is 16.4. The Morgan fingerprint density at radius 3 is 2.10 bits per heavy atom. The van der Waals surface area contributed by atoms with Crippen LogP contribution in [0.4, 0.5) is 0 Å². The van der Waals surface area contributed by atoms with Gasteiger partial charge in [-0.05, 0) is 31.2 Å². The van der Waals surface area contributed by atoms with E-state index in [-0.39, 0.29) is 12.1 Å². The monoisotopic (exact) mass is 545 g/mol. The first-order chi connectivity index (χ1) is 19.2. The van der Waals surface area contributed by atoms with Crippen LogP contribution < -0.4 is 0 Å². The van der Waals surface area contributed by atoms with Gasteiger partial charge in [0.1, 0.15) is 6.10 Å². The highest BCUT2D eigenvalue weighted by atomic mass is 16.6. The fraction of sp³-hybridized carbons (Fsp3) is 0.794. The first-order valence-corrected chi connectivity index (χ1v) is 16.4. The van der Waals surface area contributed by atoms with E-state index in [1.165, 1.54) is 82.6 Å². The normalized spacial score (nSPS) is 14.4. The standard InChI is InChI=1S/C34H59NO4/c1-3-5-7-8-9-10-11-12-13-18-26-37-30-33(39-34(36)24-15-6-4-2)28-35(32-22-19-23-32)25-27-38-29-31-20-16-14-17-21-31/h14,16-17,20-21,32-33H,3-13,15,18-19,22-30H2,1-2H3. The zero-order chi connectivity index (χ0) is 27.8. The van der Waals surface area contributed by atoms with Gasteiger partial charge in [0.2, 0.25) is 0 Å². The van der Waals surface area contributed by atoms with Gasteiger partial charge in [-0.25, -0.2) is 0 Å². The maximum Gasteiger partial charge on any atom is 0.306 e. The number of hydrogen-bond acceptors (Lipinski definition) is 5.